The van der Waals surface area contributed by atoms with Gasteiger partial charge in [0.05, 0.1) is 36.4 Å². The number of halogens is 1. The van der Waals surface area contributed by atoms with Crippen LogP contribution in [-0.2, 0) is 21.8 Å². The quantitative estimate of drug-likeness (QED) is 0.367. The van der Waals surface area contributed by atoms with Crippen molar-refractivity contribution in [3.05, 3.63) is 40.9 Å². The monoisotopic (exact) mass is 537 g/mol. The van der Waals surface area contributed by atoms with Crippen molar-refractivity contribution in [2.75, 3.05) is 38.7 Å². The molecule has 1 fully saturated rings. The summed E-state index contributed by atoms with van der Waals surface area (Å²) < 4.78 is 39.7. The number of methoxy groups -OCH3 is 1. The lowest BCUT2D eigenvalue weighted by Crippen LogP contribution is -2.40. The van der Waals surface area contributed by atoms with Gasteiger partial charge >= 0.3 is 0 Å². The summed E-state index contributed by atoms with van der Waals surface area (Å²) in [6.45, 7) is 3.08. The van der Waals surface area contributed by atoms with E-state index in [1.165, 1.54) is 28.1 Å². The normalized spacial score (nSPS) is 15.1. The third kappa shape index (κ3) is 4.98. The molecule has 0 bridgehead atoms. The summed E-state index contributed by atoms with van der Waals surface area (Å²) in [5.74, 6) is 0.302. The van der Waals surface area contributed by atoms with E-state index in [4.69, 9.17) is 33.3 Å². The lowest BCUT2D eigenvalue weighted by molar-refractivity contribution is 0.0730. The van der Waals surface area contributed by atoms with Crippen molar-refractivity contribution in [1.29, 1.82) is 0 Å². The number of ether oxygens (including phenoxy) is 2. The first-order chi connectivity index (χ1) is 16.6. The number of hydrogen-bond donors (Lipinski definition) is 2. The summed E-state index contributed by atoms with van der Waals surface area (Å²) in [6.07, 6.45) is 0. The molecule has 0 saturated carbocycles. The average Bonchev–Trinajstić information content (AvgIpc) is 3.09. The number of aromatic hydroxyl groups is 1. The summed E-state index contributed by atoms with van der Waals surface area (Å²) in [6, 6.07) is 8.04. The highest BCUT2D eigenvalue weighted by molar-refractivity contribution is 7.89. The minimum atomic E-state index is -3.73. The fourth-order valence-electron chi connectivity index (χ4n) is 3.75. The van der Waals surface area contributed by atoms with Crippen molar-refractivity contribution < 1.29 is 23.0 Å². The number of nitrogens with zero attached hydrogens (tertiary/aromatic N) is 4. The second kappa shape index (κ2) is 10.1. The molecule has 2 N–H and O–H groups in total. The van der Waals surface area contributed by atoms with Gasteiger partial charge in [-0.3, -0.25) is 0 Å². The molecule has 0 amide bonds. The molecule has 1 aliphatic rings. The van der Waals surface area contributed by atoms with Gasteiger partial charge in [0.1, 0.15) is 5.75 Å². The number of azo groups is 1. The molecule has 2 heterocycles. The van der Waals surface area contributed by atoms with Crippen molar-refractivity contribution in [2.45, 2.75) is 11.8 Å². The lowest BCUT2D eigenvalue weighted by Gasteiger charge is -2.26. The highest BCUT2D eigenvalue weighted by Gasteiger charge is 2.27. The fourth-order valence-corrected chi connectivity index (χ4v) is 5.49. The molecule has 13 heteroatoms. The molecule has 3 aromatic rings. The van der Waals surface area contributed by atoms with Gasteiger partial charge in [0, 0.05) is 36.6 Å². The smallest absolute Gasteiger partial charge is 0.243 e. The Hall–Kier alpha value is -2.77. The summed E-state index contributed by atoms with van der Waals surface area (Å²) in [5.41, 5.74) is 2.06. The standard InChI is InChI=1S/C22H24ClN5O5S2/c1-13-10-17(19(32-3)12-16(13)23)24-22(34)26-25-20-15-11-14(4-5-18(15)27(2)21(20)29)35(30,31)28-6-8-33-9-7-28/h4-5,10-12,29H,6-9H2,1-3H3,(H,24,34). The molecule has 4 rings (SSSR count). The van der Waals surface area contributed by atoms with Gasteiger partial charge in [-0.1, -0.05) is 11.6 Å². The summed E-state index contributed by atoms with van der Waals surface area (Å²) >= 11 is 11.4. The number of sulfonamides is 1. The van der Waals surface area contributed by atoms with Crippen molar-refractivity contribution in [3.8, 4) is 11.6 Å². The fraction of sp³-hybridized carbons (Fsp3) is 0.318. The third-order valence-electron chi connectivity index (χ3n) is 5.69. The Bertz CT molecular complexity index is 1430. The second-order valence-corrected chi connectivity index (χ2v) is 10.6. The lowest BCUT2D eigenvalue weighted by atomic mass is 10.2. The Kier molecular flexibility index (Phi) is 7.29. The van der Waals surface area contributed by atoms with Crippen molar-refractivity contribution >= 4 is 61.2 Å². The van der Waals surface area contributed by atoms with Gasteiger partial charge in [-0.25, -0.2) is 8.42 Å². The van der Waals surface area contributed by atoms with Gasteiger partial charge in [-0.2, -0.15) is 4.31 Å². The van der Waals surface area contributed by atoms with E-state index in [2.05, 4.69) is 15.5 Å². The highest BCUT2D eigenvalue weighted by atomic mass is 35.5. The number of aromatic nitrogens is 1. The van der Waals surface area contributed by atoms with E-state index >= 15 is 0 Å². The van der Waals surface area contributed by atoms with E-state index in [1.54, 1.807) is 25.2 Å². The van der Waals surface area contributed by atoms with E-state index in [-0.39, 0.29) is 34.7 Å². The van der Waals surface area contributed by atoms with Crippen molar-refractivity contribution in [3.63, 3.8) is 0 Å². The Morgan fingerprint density at radius 3 is 2.66 bits per heavy atom. The van der Waals surface area contributed by atoms with Gasteiger partial charge in [0.2, 0.25) is 21.0 Å². The first-order valence-corrected chi connectivity index (χ1v) is 12.8. The zero-order valence-corrected chi connectivity index (χ0v) is 21.7. The number of anilines is 1. The van der Waals surface area contributed by atoms with E-state index in [0.29, 0.717) is 40.6 Å². The summed E-state index contributed by atoms with van der Waals surface area (Å²) in [4.78, 5) is 0.0935. The summed E-state index contributed by atoms with van der Waals surface area (Å²) in [7, 11) is -0.583. The molecular formula is C22H24ClN5O5S2. The minimum absolute atomic E-state index is 0.0125. The molecule has 0 atom stereocenters. The van der Waals surface area contributed by atoms with E-state index < -0.39 is 10.0 Å². The Labute approximate surface area is 213 Å². The van der Waals surface area contributed by atoms with Gasteiger partial charge in [-0.15, -0.1) is 10.2 Å². The molecule has 35 heavy (non-hydrogen) atoms. The largest absolute Gasteiger partial charge is 0.495 e. The summed E-state index contributed by atoms with van der Waals surface area (Å²) in [5, 5.41) is 22.7. The van der Waals surface area contributed by atoms with Crippen LogP contribution in [0.15, 0.2) is 45.5 Å². The Morgan fingerprint density at radius 2 is 1.97 bits per heavy atom. The van der Waals surface area contributed by atoms with Gasteiger partial charge in [0.15, 0.2) is 5.69 Å². The predicted octanol–water partition coefficient (Wildman–Crippen LogP) is 4.36. The number of nitrogens with one attached hydrogen (secondary N) is 1. The first kappa shape index (κ1) is 25.3. The Morgan fingerprint density at radius 1 is 1.26 bits per heavy atom. The molecule has 1 aromatic heterocycles. The number of hydrogen-bond acceptors (Lipinski definition) is 7. The van der Waals surface area contributed by atoms with Crippen LogP contribution in [-0.4, -0.2) is 60.9 Å². The number of fused-ring (bicyclic) bond motifs is 1. The van der Waals surface area contributed by atoms with Crippen LogP contribution in [0.4, 0.5) is 11.4 Å². The predicted molar refractivity (Wildman–Crippen MR) is 138 cm³/mol. The number of thiocarbonyl (C=S) groups is 1. The molecule has 10 nitrogen and oxygen atoms in total. The van der Waals surface area contributed by atoms with Crippen LogP contribution in [0.5, 0.6) is 11.6 Å². The molecule has 186 valence electrons. The maximum absolute atomic E-state index is 13.1. The second-order valence-electron chi connectivity index (χ2n) is 7.86. The molecule has 1 aliphatic heterocycles. The molecular weight excluding hydrogens is 514 g/mol. The van der Waals surface area contributed by atoms with Crippen LogP contribution >= 0.6 is 23.8 Å². The molecule has 1 saturated heterocycles. The molecule has 0 spiro atoms. The van der Waals surface area contributed by atoms with E-state index in [1.807, 2.05) is 6.92 Å². The molecule has 2 aromatic carbocycles. The van der Waals surface area contributed by atoms with Crippen LogP contribution in [0.25, 0.3) is 10.9 Å². The molecule has 0 aliphatic carbocycles. The van der Waals surface area contributed by atoms with Gasteiger partial charge in [-0.05, 0) is 49.0 Å². The van der Waals surface area contributed by atoms with Crippen molar-refractivity contribution in [1.82, 2.24) is 8.87 Å². The van der Waals surface area contributed by atoms with Crippen LogP contribution in [0, 0.1) is 6.92 Å². The van der Waals surface area contributed by atoms with Crippen LogP contribution in [0.3, 0.4) is 0 Å². The Balaban J connectivity index is 1.66. The number of rotatable bonds is 5. The molecule has 0 unspecified atom stereocenters. The van der Waals surface area contributed by atoms with Crippen LogP contribution in [0.2, 0.25) is 5.02 Å². The average molecular weight is 538 g/mol. The number of morpholine rings is 1. The first-order valence-electron chi connectivity index (χ1n) is 10.6. The van der Waals surface area contributed by atoms with E-state index in [0.717, 1.165) is 5.56 Å². The minimum Gasteiger partial charge on any atom is -0.495 e. The van der Waals surface area contributed by atoms with Gasteiger partial charge in [0.25, 0.3) is 0 Å². The highest BCUT2D eigenvalue weighted by Crippen LogP contribution is 2.39. The zero-order valence-electron chi connectivity index (χ0n) is 19.3. The third-order valence-corrected chi connectivity index (χ3v) is 8.17. The van der Waals surface area contributed by atoms with Crippen LogP contribution < -0.4 is 10.1 Å². The van der Waals surface area contributed by atoms with E-state index in [9.17, 15) is 13.5 Å². The maximum Gasteiger partial charge on any atom is 0.243 e. The van der Waals surface area contributed by atoms with Crippen molar-refractivity contribution in [2.24, 2.45) is 17.3 Å². The number of benzene rings is 2. The van der Waals surface area contributed by atoms with Crippen LogP contribution in [0.1, 0.15) is 5.56 Å². The molecule has 0 radical (unpaired) electrons. The zero-order chi connectivity index (χ0) is 25.3. The SMILES string of the molecule is COc1cc(Cl)c(C)cc1NC(=S)N=Nc1c(O)n(C)c2ccc(S(=O)(=O)N3CCOCC3)cc12. The number of aryl methyl sites for hydroxylation is 2. The topological polar surface area (TPSA) is 118 Å². The van der Waals surface area contributed by atoms with Gasteiger partial charge < -0.3 is 24.5 Å². The maximum atomic E-state index is 13.1.